The van der Waals surface area contributed by atoms with Gasteiger partial charge in [-0.3, -0.25) is 9.13 Å². The molecule has 23 heavy (non-hydrogen) atoms. The van der Waals surface area contributed by atoms with Crippen LogP contribution in [-0.2, 0) is 14.0 Å². The second-order valence-electron chi connectivity index (χ2n) is 4.78. The van der Waals surface area contributed by atoms with Gasteiger partial charge in [0.05, 0.1) is 0 Å². The Balaban J connectivity index is 2.34. The first-order chi connectivity index (χ1) is 10.6. The SMILES string of the molecule is N=C[C@@]1(F)C(O)[C@@H](OCP(=O)(O)O)O[C@H]1n1ccc(N)nc1=O. The van der Waals surface area contributed by atoms with Crippen LogP contribution in [0.3, 0.4) is 0 Å². The highest BCUT2D eigenvalue weighted by Gasteiger charge is 2.58. The average molecular weight is 352 g/mol. The molecule has 0 spiro atoms. The molecular formula is C10H14FN4O7P. The van der Waals surface area contributed by atoms with Crippen molar-refractivity contribution in [3.8, 4) is 0 Å². The number of nitrogens with zero attached hydrogens (tertiary/aromatic N) is 2. The summed E-state index contributed by atoms with van der Waals surface area (Å²) in [6, 6.07) is 1.17. The fraction of sp³-hybridized carbons (Fsp3) is 0.500. The second kappa shape index (κ2) is 6.07. The Kier molecular flexibility index (Phi) is 4.66. The zero-order valence-corrected chi connectivity index (χ0v) is 12.3. The lowest BCUT2D eigenvalue weighted by Gasteiger charge is -2.24. The molecule has 4 atom stereocenters. The molecule has 0 aliphatic carbocycles. The van der Waals surface area contributed by atoms with Crippen LogP contribution in [0.4, 0.5) is 10.2 Å². The van der Waals surface area contributed by atoms with Crippen molar-refractivity contribution in [3.63, 3.8) is 0 Å². The molecule has 0 saturated carbocycles. The van der Waals surface area contributed by atoms with Crippen LogP contribution in [-0.4, -0.2) is 55.1 Å². The van der Waals surface area contributed by atoms with Gasteiger partial charge in [-0.2, -0.15) is 4.98 Å². The number of anilines is 1. The molecular weight excluding hydrogens is 338 g/mol. The minimum atomic E-state index is -4.59. The third-order valence-corrected chi connectivity index (χ3v) is 3.57. The molecule has 1 fully saturated rings. The van der Waals surface area contributed by atoms with Gasteiger partial charge in [0.15, 0.2) is 18.9 Å². The topological polar surface area (TPSA) is 181 Å². The number of nitrogen functional groups attached to an aromatic ring is 1. The fourth-order valence-electron chi connectivity index (χ4n) is 2.00. The van der Waals surface area contributed by atoms with E-state index in [-0.39, 0.29) is 12.0 Å². The number of aromatic nitrogens is 2. The van der Waals surface area contributed by atoms with E-state index in [9.17, 15) is 18.9 Å². The Morgan fingerprint density at radius 3 is 2.83 bits per heavy atom. The molecule has 13 heteroatoms. The van der Waals surface area contributed by atoms with Crippen molar-refractivity contribution in [2.75, 3.05) is 12.1 Å². The Labute approximate surface area is 128 Å². The Morgan fingerprint density at radius 2 is 2.30 bits per heavy atom. The summed E-state index contributed by atoms with van der Waals surface area (Å²) in [6.45, 7) is 0. The van der Waals surface area contributed by atoms with Gasteiger partial charge in [0.2, 0.25) is 5.67 Å². The fourth-order valence-corrected chi connectivity index (χ4v) is 2.34. The molecule has 1 aromatic heterocycles. The van der Waals surface area contributed by atoms with Crippen LogP contribution in [0.1, 0.15) is 6.23 Å². The van der Waals surface area contributed by atoms with Crippen molar-refractivity contribution in [1.82, 2.24) is 9.55 Å². The molecule has 1 saturated heterocycles. The summed E-state index contributed by atoms with van der Waals surface area (Å²) in [5.41, 5.74) is 1.44. The second-order valence-corrected chi connectivity index (χ2v) is 6.36. The zero-order chi connectivity index (χ0) is 17.4. The normalized spacial score (nSPS) is 31.2. The van der Waals surface area contributed by atoms with Crippen molar-refractivity contribution in [2.24, 2.45) is 0 Å². The van der Waals surface area contributed by atoms with E-state index in [1.165, 1.54) is 6.07 Å². The number of nitrogens with one attached hydrogen (secondary N) is 1. The highest BCUT2D eigenvalue weighted by Crippen LogP contribution is 2.42. The van der Waals surface area contributed by atoms with Crippen LogP contribution >= 0.6 is 7.60 Å². The van der Waals surface area contributed by atoms with Gasteiger partial charge in [-0.1, -0.05) is 0 Å². The van der Waals surface area contributed by atoms with Gasteiger partial charge in [0.1, 0.15) is 11.9 Å². The number of nitrogens with two attached hydrogens (primary N) is 1. The number of hydrogen-bond acceptors (Lipinski definition) is 8. The van der Waals surface area contributed by atoms with E-state index in [2.05, 4.69) is 9.72 Å². The first-order valence-electron chi connectivity index (χ1n) is 6.13. The minimum absolute atomic E-state index is 0.126. The molecule has 1 unspecified atom stereocenters. The van der Waals surface area contributed by atoms with Crippen LogP contribution in [0.5, 0.6) is 0 Å². The first kappa shape index (κ1) is 17.7. The van der Waals surface area contributed by atoms with Crippen molar-refractivity contribution in [3.05, 3.63) is 22.7 Å². The summed E-state index contributed by atoms with van der Waals surface area (Å²) in [4.78, 5) is 32.6. The molecule has 2 heterocycles. The summed E-state index contributed by atoms with van der Waals surface area (Å²) in [7, 11) is -4.59. The van der Waals surface area contributed by atoms with E-state index in [4.69, 9.17) is 25.7 Å². The van der Waals surface area contributed by atoms with Crippen LogP contribution in [0.25, 0.3) is 0 Å². The molecule has 128 valence electrons. The summed E-state index contributed by atoms with van der Waals surface area (Å²) < 4.78 is 35.9. The largest absolute Gasteiger partial charge is 0.384 e. The van der Waals surface area contributed by atoms with Gasteiger partial charge in [-0.15, -0.1) is 0 Å². The maximum absolute atomic E-state index is 14.8. The predicted molar refractivity (Wildman–Crippen MR) is 73.4 cm³/mol. The number of ether oxygens (including phenoxy) is 2. The smallest absolute Gasteiger partial charge is 0.351 e. The third-order valence-electron chi connectivity index (χ3n) is 3.08. The van der Waals surface area contributed by atoms with E-state index >= 15 is 0 Å². The average Bonchev–Trinajstić information content (AvgIpc) is 2.70. The molecule has 0 radical (unpaired) electrons. The van der Waals surface area contributed by atoms with Crippen LogP contribution in [0.15, 0.2) is 17.1 Å². The van der Waals surface area contributed by atoms with E-state index in [1.54, 1.807) is 0 Å². The summed E-state index contributed by atoms with van der Waals surface area (Å²) in [5.74, 6) is -0.126. The number of rotatable bonds is 5. The molecule has 11 nitrogen and oxygen atoms in total. The van der Waals surface area contributed by atoms with E-state index in [0.717, 1.165) is 6.20 Å². The summed E-state index contributed by atoms with van der Waals surface area (Å²) >= 11 is 0. The minimum Gasteiger partial charge on any atom is -0.384 e. The van der Waals surface area contributed by atoms with Crippen LogP contribution in [0, 0.1) is 5.41 Å². The van der Waals surface area contributed by atoms with Gasteiger partial charge in [-0.05, 0) is 6.07 Å². The molecule has 0 aromatic carbocycles. The maximum Gasteiger partial charge on any atom is 0.351 e. The highest BCUT2D eigenvalue weighted by molar-refractivity contribution is 7.51. The zero-order valence-electron chi connectivity index (χ0n) is 11.4. The summed E-state index contributed by atoms with van der Waals surface area (Å²) in [6.07, 6.45) is -5.59. The lowest BCUT2D eigenvalue weighted by atomic mass is 10.0. The quantitative estimate of drug-likeness (QED) is 0.313. The van der Waals surface area contributed by atoms with Gasteiger partial charge in [0.25, 0.3) is 0 Å². The molecule has 0 amide bonds. The maximum atomic E-state index is 14.8. The standard InChI is InChI=1S/C10H14FN4O7P/c11-10(3-12)6(16)7(21-4-23(18,19)20)22-8(10)15-2-1-5(13)14-9(15)17/h1-3,6-8,12,16H,4H2,(H2,13,14,17)(H2,18,19,20)/t6?,7-,8+,10+/m0/s1. The number of hydrogen-bond donors (Lipinski definition) is 5. The predicted octanol–water partition coefficient (Wildman–Crippen LogP) is -1.45. The van der Waals surface area contributed by atoms with Gasteiger partial charge in [-0.25, -0.2) is 9.18 Å². The van der Waals surface area contributed by atoms with Gasteiger partial charge in [0, 0.05) is 12.4 Å². The van der Waals surface area contributed by atoms with Crippen molar-refractivity contribution in [1.29, 1.82) is 5.41 Å². The molecule has 0 bridgehead atoms. The lowest BCUT2D eigenvalue weighted by molar-refractivity contribution is -0.168. The molecule has 1 aliphatic rings. The van der Waals surface area contributed by atoms with Crippen molar-refractivity contribution < 1.29 is 33.3 Å². The number of alkyl halides is 1. The number of halogens is 1. The van der Waals surface area contributed by atoms with Crippen molar-refractivity contribution in [2.45, 2.75) is 24.3 Å². The third kappa shape index (κ3) is 3.47. The van der Waals surface area contributed by atoms with E-state index in [0.29, 0.717) is 4.57 Å². The van der Waals surface area contributed by atoms with Gasteiger partial charge < -0.3 is 35.5 Å². The Hall–Kier alpha value is -1.69. The van der Waals surface area contributed by atoms with Crippen LogP contribution < -0.4 is 11.4 Å². The molecule has 6 N–H and O–H groups in total. The van der Waals surface area contributed by atoms with Crippen molar-refractivity contribution >= 4 is 19.6 Å². The first-order valence-corrected chi connectivity index (χ1v) is 7.93. The lowest BCUT2D eigenvalue weighted by Crippen LogP contribution is -2.46. The molecule has 1 aromatic rings. The Bertz CT molecular complexity index is 709. The molecule has 1 aliphatic heterocycles. The highest BCUT2D eigenvalue weighted by atomic mass is 31.2. The number of aliphatic hydroxyl groups is 1. The van der Waals surface area contributed by atoms with Gasteiger partial charge >= 0.3 is 13.3 Å². The van der Waals surface area contributed by atoms with Crippen LogP contribution in [0.2, 0.25) is 0 Å². The Morgan fingerprint density at radius 1 is 1.65 bits per heavy atom. The number of aliphatic hydroxyl groups excluding tert-OH is 1. The van der Waals surface area contributed by atoms with E-state index < -0.39 is 43.9 Å². The summed E-state index contributed by atoms with van der Waals surface area (Å²) in [5, 5.41) is 17.0. The molecule has 2 rings (SSSR count). The van der Waals surface area contributed by atoms with E-state index in [1.807, 2.05) is 0 Å². The monoisotopic (exact) mass is 352 g/mol.